The number of ether oxygens (including phenoxy) is 1. The van der Waals surface area contributed by atoms with Crippen LogP contribution in [0.4, 0.5) is 19.0 Å². The van der Waals surface area contributed by atoms with E-state index in [2.05, 4.69) is 20.1 Å². The van der Waals surface area contributed by atoms with Gasteiger partial charge in [0.25, 0.3) is 0 Å². The predicted molar refractivity (Wildman–Crippen MR) is 84.5 cm³/mol. The molecule has 1 N–H and O–H groups in total. The number of nitrogens with one attached hydrogen (secondary N) is 1. The number of hydrogen-bond acceptors (Lipinski definition) is 5. The summed E-state index contributed by atoms with van der Waals surface area (Å²) in [6.45, 7) is 3.25. The third-order valence-electron chi connectivity index (χ3n) is 4.66. The molecule has 24 heavy (non-hydrogen) atoms. The molecule has 9 heteroatoms. The molecule has 1 aromatic carbocycles. The molecule has 1 unspecified atom stereocenters. The molecular weight excluding hydrogens is 347 g/mol. The maximum absolute atomic E-state index is 12.3. The molecule has 2 aromatic rings. The molecule has 1 aromatic heterocycles. The Labute approximate surface area is 142 Å². The van der Waals surface area contributed by atoms with Crippen LogP contribution >= 0.6 is 12.4 Å². The zero-order valence-electron chi connectivity index (χ0n) is 12.7. The van der Waals surface area contributed by atoms with Crippen molar-refractivity contribution in [2.75, 3.05) is 25.0 Å². The van der Waals surface area contributed by atoms with Gasteiger partial charge in [0.2, 0.25) is 0 Å². The quantitative estimate of drug-likeness (QED) is 0.902. The van der Waals surface area contributed by atoms with Crippen molar-refractivity contribution in [1.29, 1.82) is 0 Å². The van der Waals surface area contributed by atoms with E-state index in [9.17, 15) is 13.2 Å². The summed E-state index contributed by atoms with van der Waals surface area (Å²) in [6.07, 6.45) is -2.39. The van der Waals surface area contributed by atoms with Gasteiger partial charge in [0.1, 0.15) is 5.75 Å². The van der Waals surface area contributed by atoms with Gasteiger partial charge in [0, 0.05) is 18.7 Å². The number of fused-ring (bicyclic) bond motifs is 4. The van der Waals surface area contributed by atoms with Crippen LogP contribution in [0.25, 0.3) is 11.0 Å². The van der Waals surface area contributed by atoms with Crippen LogP contribution in [0.1, 0.15) is 12.8 Å². The fourth-order valence-corrected chi connectivity index (χ4v) is 3.52. The number of hydrogen-bond donors (Lipinski definition) is 1. The van der Waals surface area contributed by atoms with Gasteiger partial charge in [-0.3, -0.25) is 0 Å². The Morgan fingerprint density at radius 3 is 2.62 bits per heavy atom. The number of rotatable bonds is 3. The van der Waals surface area contributed by atoms with Crippen molar-refractivity contribution in [3.8, 4) is 5.75 Å². The Balaban J connectivity index is 0.00000169. The van der Waals surface area contributed by atoms with E-state index in [4.69, 9.17) is 4.52 Å². The molecule has 5 rings (SSSR count). The summed E-state index contributed by atoms with van der Waals surface area (Å²) in [5.74, 6) is 0.882. The average molecular weight is 364 g/mol. The Kier molecular flexibility index (Phi) is 4.52. The lowest BCUT2D eigenvalue weighted by Gasteiger charge is -2.44. The van der Waals surface area contributed by atoms with Crippen LogP contribution in [0, 0.1) is 5.92 Å². The lowest BCUT2D eigenvalue weighted by atomic mass is 9.84. The smallest absolute Gasteiger partial charge is 0.406 e. The van der Waals surface area contributed by atoms with E-state index in [1.165, 1.54) is 18.2 Å². The minimum atomic E-state index is -4.72. The van der Waals surface area contributed by atoms with Crippen molar-refractivity contribution in [1.82, 2.24) is 10.1 Å². The molecule has 3 saturated heterocycles. The van der Waals surface area contributed by atoms with Gasteiger partial charge in [-0.2, -0.15) is 0 Å². The van der Waals surface area contributed by atoms with Gasteiger partial charge in [0.05, 0.1) is 5.39 Å². The van der Waals surface area contributed by atoms with Crippen molar-refractivity contribution in [2.24, 2.45) is 5.92 Å². The summed E-state index contributed by atoms with van der Waals surface area (Å²) in [5, 5.41) is 8.03. The summed E-state index contributed by atoms with van der Waals surface area (Å²) in [5.41, 5.74) is 0.274. The van der Waals surface area contributed by atoms with Gasteiger partial charge in [-0.1, -0.05) is 5.16 Å². The molecule has 0 radical (unpaired) electrons. The maximum atomic E-state index is 12.3. The Bertz CT molecular complexity index is 714. The number of piperidine rings is 3. The fraction of sp³-hybridized carbons (Fsp3) is 0.533. The zero-order chi connectivity index (χ0) is 16.0. The molecule has 2 bridgehead atoms. The standard InChI is InChI=1S/C15H16F3N3O2.ClH/c16-15(17,18)22-10-1-2-11-13(7-10)23-20-14(11)19-12-8-21-5-3-9(12)4-6-21;/h1-2,7,9,12H,3-6,8H2,(H,19,20);1H. The fourth-order valence-electron chi connectivity index (χ4n) is 3.52. The first-order valence-corrected chi connectivity index (χ1v) is 7.62. The van der Waals surface area contributed by atoms with Gasteiger partial charge in [0.15, 0.2) is 11.4 Å². The van der Waals surface area contributed by atoms with E-state index in [1.54, 1.807) is 0 Å². The molecule has 0 saturated carbocycles. The van der Waals surface area contributed by atoms with Crippen molar-refractivity contribution in [3.63, 3.8) is 0 Å². The van der Waals surface area contributed by atoms with Crippen LogP contribution in [0.5, 0.6) is 5.75 Å². The van der Waals surface area contributed by atoms with Gasteiger partial charge >= 0.3 is 6.36 Å². The molecule has 3 aliphatic heterocycles. The lowest BCUT2D eigenvalue weighted by molar-refractivity contribution is -0.274. The van der Waals surface area contributed by atoms with E-state index in [0.717, 1.165) is 32.5 Å². The summed E-state index contributed by atoms with van der Waals surface area (Å²) in [4.78, 5) is 2.41. The van der Waals surface area contributed by atoms with Gasteiger partial charge < -0.3 is 19.5 Å². The van der Waals surface area contributed by atoms with E-state index in [0.29, 0.717) is 23.2 Å². The van der Waals surface area contributed by atoms with Crippen LogP contribution < -0.4 is 10.1 Å². The normalized spacial score (nSPS) is 26.2. The average Bonchev–Trinajstić information content (AvgIpc) is 2.89. The van der Waals surface area contributed by atoms with Crippen LogP contribution in [-0.2, 0) is 0 Å². The second-order valence-corrected chi connectivity index (χ2v) is 6.13. The lowest BCUT2D eigenvalue weighted by Crippen LogP contribution is -2.53. The zero-order valence-corrected chi connectivity index (χ0v) is 13.5. The van der Waals surface area contributed by atoms with E-state index < -0.39 is 6.36 Å². The van der Waals surface area contributed by atoms with Crippen molar-refractivity contribution in [2.45, 2.75) is 25.2 Å². The Morgan fingerprint density at radius 1 is 1.25 bits per heavy atom. The first-order chi connectivity index (χ1) is 11.0. The highest BCUT2D eigenvalue weighted by molar-refractivity contribution is 5.89. The van der Waals surface area contributed by atoms with Crippen molar-refractivity contribution >= 4 is 29.2 Å². The second kappa shape index (κ2) is 6.33. The van der Waals surface area contributed by atoms with Gasteiger partial charge in [-0.25, -0.2) is 0 Å². The summed E-state index contributed by atoms with van der Waals surface area (Å²) < 4.78 is 45.8. The Morgan fingerprint density at radius 2 is 2.00 bits per heavy atom. The maximum Gasteiger partial charge on any atom is 0.573 e. The SMILES string of the molecule is Cl.FC(F)(F)Oc1ccc2c(NC3CN4CCC3CC4)noc2c1. The molecule has 3 aliphatic rings. The van der Waals surface area contributed by atoms with E-state index in [-0.39, 0.29) is 23.7 Å². The van der Waals surface area contributed by atoms with E-state index >= 15 is 0 Å². The first kappa shape index (κ1) is 17.2. The predicted octanol–water partition coefficient (Wildman–Crippen LogP) is 3.65. The van der Waals surface area contributed by atoms with Gasteiger partial charge in [-0.15, -0.1) is 25.6 Å². The monoisotopic (exact) mass is 363 g/mol. The minimum absolute atomic E-state index is 0. The van der Waals surface area contributed by atoms with Crippen molar-refractivity contribution < 1.29 is 22.4 Å². The molecule has 0 amide bonds. The second-order valence-electron chi connectivity index (χ2n) is 6.13. The summed E-state index contributed by atoms with van der Waals surface area (Å²) in [6, 6.07) is 4.32. The Hall–Kier alpha value is -1.67. The highest BCUT2D eigenvalue weighted by Crippen LogP contribution is 2.33. The number of halogens is 4. The molecule has 1 atom stereocenters. The molecule has 4 heterocycles. The molecule has 0 spiro atoms. The number of anilines is 1. The largest absolute Gasteiger partial charge is 0.573 e. The van der Waals surface area contributed by atoms with Crippen LogP contribution in [0.2, 0.25) is 0 Å². The number of aromatic nitrogens is 1. The number of alkyl halides is 3. The van der Waals surface area contributed by atoms with Crippen molar-refractivity contribution in [3.05, 3.63) is 18.2 Å². The molecule has 5 nitrogen and oxygen atoms in total. The first-order valence-electron chi connectivity index (χ1n) is 7.62. The van der Waals surface area contributed by atoms with Crippen LogP contribution in [-0.4, -0.2) is 42.1 Å². The van der Waals surface area contributed by atoms with Crippen LogP contribution in [0.15, 0.2) is 22.7 Å². The highest BCUT2D eigenvalue weighted by Gasteiger charge is 2.35. The molecule has 132 valence electrons. The highest BCUT2D eigenvalue weighted by atomic mass is 35.5. The molecule has 3 fully saturated rings. The number of benzene rings is 1. The third-order valence-corrected chi connectivity index (χ3v) is 4.66. The summed E-state index contributed by atoms with van der Waals surface area (Å²) in [7, 11) is 0. The number of nitrogens with zero attached hydrogens (tertiary/aromatic N) is 2. The van der Waals surface area contributed by atoms with E-state index in [1.807, 2.05) is 0 Å². The molecular formula is C15H17ClF3N3O2. The van der Waals surface area contributed by atoms with Gasteiger partial charge in [-0.05, 0) is 44.0 Å². The third kappa shape index (κ3) is 3.39. The summed E-state index contributed by atoms with van der Waals surface area (Å²) >= 11 is 0. The van der Waals surface area contributed by atoms with Crippen LogP contribution in [0.3, 0.4) is 0 Å². The topological polar surface area (TPSA) is 50.5 Å². The molecule has 0 aliphatic carbocycles. The minimum Gasteiger partial charge on any atom is -0.406 e.